The van der Waals surface area contributed by atoms with E-state index in [2.05, 4.69) is 9.97 Å². The summed E-state index contributed by atoms with van der Waals surface area (Å²) in [4.78, 5) is 8.54. The average Bonchev–Trinajstić information content (AvgIpc) is 3.37. The van der Waals surface area contributed by atoms with Crippen molar-refractivity contribution in [3.05, 3.63) is 131 Å². The average molecular weight is 627 g/mol. The Morgan fingerprint density at radius 1 is 0.761 bits per heavy atom. The molecule has 1 aliphatic heterocycles. The highest BCUT2D eigenvalue weighted by atomic mass is 19.1. The van der Waals surface area contributed by atoms with Crippen molar-refractivity contribution in [1.82, 2.24) is 9.97 Å². The van der Waals surface area contributed by atoms with Crippen LogP contribution in [0.1, 0.15) is 22.3 Å². The van der Waals surface area contributed by atoms with Gasteiger partial charge < -0.3 is 33.5 Å². The Morgan fingerprint density at radius 2 is 1.35 bits per heavy atom. The lowest BCUT2D eigenvalue weighted by atomic mass is 9.95. The van der Waals surface area contributed by atoms with E-state index in [-0.39, 0.29) is 42.8 Å². The number of ether oxygens (including phenoxy) is 6. The maximum atomic E-state index is 16.1. The molecule has 1 saturated heterocycles. The molecule has 0 unspecified atom stereocenters. The normalized spacial score (nSPS) is 21.0. The van der Waals surface area contributed by atoms with E-state index in [1.165, 1.54) is 26.4 Å². The van der Waals surface area contributed by atoms with Crippen molar-refractivity contribution in [3.8, 4) is 11.9 Å². The molecule has 0 saturated carbocycles. The summed E-state index contributed by atoms with van der Waals surface area (Å²) in [5.74, 6) is -2.93. The van der Waals surface area contributed by atoms with Gasteiger partial charge in [-0.25, -0.2) is 4.39 Å². The van der Waals surface area contributed by atoms with Gasteiger partial charge in [0.05, 0.1) is 57.1 Å². The van der Waals surface area contributed by atoms with Crippen molar-refractivity contribution in [3.63, 3.8) is 0 Å². The van der Waals surface area contributed by atoms with Crippen molar-refractivity contribution < 1.29 is 37.9 Å². The minimum absolute atomic E-state index is 0.0226. The van der Waals surface area contributed by atoms with Crippen LogP contribution < -0.4 is 9.47 Å². The first-order chi connectivity index (χ1) is 22.5. The number of methoxy groups -OCH3 is 2. The molecule has 1 aromatic heterocycles. The zero-order valence-corrected chi connectivity index (χ0v) is 25.5. The van der Waals surface area contributed by atoms with E-state index in [1.54, 1.807) is 0 Å². The van der Waals surface area contributed by atoms with E-state index in [1.807, 2.05) is 91.0 Å². The standard InChI is InChI=1S/C36H35FN2O7/c1-41-34-27-18-29(37)28(19-30(27)38-35(39-34)42-2)36(40)33(45-22-26-16-10-5-11-17-26)32(44-21-25-14-8-4-9-15-25)31(46-36)23-43-20-24-12-6-3-7-13-24/h3-19,31-33,40H,20-23H2,1-2H3/t31-,32-,33-,36+/m1/s1. The van der Waals surface area contributed by atoms with Crippen LogP contribution in [0.2, 0.25) is 0 Å². The first-order valence-corrected chi connectivity index (χ1v) is 14.9. The number of hydrogen-bond donors (Lipinski definition) is 1. The summed E-state index contributed by atoms with van der Waals surface area (Å²) in [7, 11) is 2.84. The van der Waals surface area contributed by atoms with E-state index in [0.717, 1.165) is 16.7 Å². The lowest BCUT2D eigenvalue weighted by Crippen LogP contribution is -2.44. The SMILES string of the molecule is COc1nc(OC)c2cc(F)c([C@]3(O)O[C@H](COCc4ccccc4)[C@@H](OCc4ccccc4)[C@H]3OCc3ccccc3)cc2n1. The second-order valence-corrected chi connectivity index (χ2v) is 10.9. The Bertz CT molecular complexity index is 1730. The van der Waals surface area contributed by atoms with Gasteiger partial charge in [0, 0.05) is 0 Å². The smallest absolute Gasteiger partial charge is 0.320 e. The Labute approximate surface area is 266 Å². The summed E-state index contributed by atoms with van der Waals surface area (Å²) in [6, 6.07) is 31.4. The van der Waals surface area contributed by atoms with Crippen molar-refractivity contribution in [2.75, 3.05) is 20.8 Å². The minimum Gasteiger partial charge on any atom is -0.480 e. The molecule has 1 fully saturated rings. The van der Waals surface area contributed by atoms with Crippen LogP contribution in [-0.2, 0) is 44.6 Å². The number of hydrogen-bond acceptors (Lipinski definition) is 9. The van der Waals surface area contributed by atoms with E-state index < -0.39 is 29.9 Å². The van der Waals surface area contributed by atoms with Gasteiger partial charge in [-0.3, -0.25) is 0 Å². The zero-order chi connectivity index (χ0) is 31.9. The van der Waals surface area contributed by atoms with Gasteiger partial charge >= 0.3 is 6.01 Å². The second-order valence-electron chi connectivity index (χ2n) is 10.9. The van der Waals surface area contributed by atoms with Crippen LogP contribution in [0.25, 0.3) is 10.9 Å². The zero-order valence-electron chi connectivity index (χ0n) is 25.5. The molecule has 1 aliphatic rings. The van der Waals surface area contributed by atoms with Crippen LogP contribution in [0.5, 0.6) is 11.9 Å². The molecule has 10 heteroatoms. The van der Waals surface area contributed by atoms with Crippen molar-refractivity contribution >= 4 is 10.9 Å². The van der Waals surface area contributed by atoms with Crippen LogP contribution >= 0.6 is 0 Å². The Kier molecular flexibility index (Phi) is 9.82. The summed E-state index contributed by atoms with van der Waals surface area (Å²) in [5.41, 5.74) is 2.84. The highest BCUT2D eigenvalue weighted by Gasteiger charge is 2.58. The molecule has 1 N–H and O–H groups in total. The molecule has 9 nitrogen and oxygen atoms in total. The minimum atomic E-state index is -2.29. The second kappa shape index (κ2) is 14.3. The molecule has 6 rings (SSSR count). The fourth-order valence-electron chi connectivity index (χ4n) is 5.55. The molecule has 5 aromatic rings. The highest BCUT2D eigenvalue weighted by Crippen LogP contribution is 2.44. The van der Waals surface area contributed by atoms with Crippen LogP contribution in [0.4, 0.5) is 4.39 Å². The number of aromatic nitrogens is 2. The fourth-order valence-corrected chi connectivity index (χ4v) is 5.55. The van der Waals surface area contributed by atoms with Gasteiger partial charge in [-0.2, -0.15) is 9.97 Å². The first-order valence-electron chi connectivity index (χ1n) is 14.9. The summed E-state index contributed by atoms with van der Waals surface area (Å²) in [6.45, 7) is 0.661. The van der Waals surface area contributed by atoms with Gasteiger partial charge in [-0.15, -0.1) is 0 Å². The summed E-state index contributed by atoms with van der Waals surface area (Å²) in [5, 5.41) is 12.7. The molecule has 46 heavy (non-hydrogen) atoms. The monoisotopic (exact) mass is 626 g/mol. The quantitative estimate of drug-likeness (QED) is 0.176. The van der Waals surface area contributed by atoms with Gasteiger partial charge in [0.2, 0.25) is 11.7 Å². The molecule has 0 bridgehead atoms. The number of fused-ring (bicyclic) bond motifs is 1. The fraction of sp³-hybridized carbons (Fsp3) is 0.278. The molecule has 0 radical (unpaired) electrons. The lowest BCUT2D eigenvalue weighted by molar-refractivity contribution is -0.254. The molecule has 4 atom stereocenters. The number of aliphatic hydroxyl groups is 1. The number of halogens is 1. The van der Waals surface area contributed by atoms with Gasteiger partial charge in [0.1, 0.15) is 24.1 Å². The molecule has 4 aromatic carbocycles. The molecular formula is C36H35FN2O7. The van der Waals surface area contributed by atoms with Gasteiger partial charge in [-0.05, 0) is 28.8 Å². The van der Waals surface area contributed by atoms with Crippen molar-refractivity contribution in [2.45, 2.75) is 43.9 Å². The largest absolute Gasteiger partial charge is 0.480 e. The predicted molar refractivity (Wildman–Crippen MR) is 168 cm³/mol. The third-order valence-corrected chi connectivity index (χ3v) is 7.82. The van der Waals surface area contributed by atoms with E-state index in [9.17, 15) is 5.11 Å². The van der Waals surface area contributed by atoms with Crippen LogP contribution in [0.15, 0.2) is 103 Å². The van der Waals surface area contributed by atoms with Gasteiger partial charge in [-0.1, -0.05) is 91.0 Å². The molecule has 238 valence electrons. The Balaban J connectivity index is 1.39. The topological polar surface area (TPSA) is 101 Å². The molecule has 0 spiro atoms. The van der Waals surface area contributed by atoms with Gasteiger partial charge in [0.15, 0.2) is 0 Å². The predicted octanol–water partition coefficient (Wildman–Crippen LogP) is 5.72. The van der Waals surface area contributed by atoms with E-state index in [0.29, 0.717) is 12.0 Å². The van der Waals surface area contributed by atoms with Crippen molar-refractivity contribution in [2.24, 2.45) is 0 Å². The Hall–Kier alpha value is -4.45. The maximum absolute atomic E-state index is 16.1. The lowest BCUT2D eigenvalue weighted by Gasteiger charge is -2.31. The third kappa shape index (κ3) is 6.86. The summed E-state index contributed by atoms with van der Waals surface area (Å²) in [6.07, 6.45) is -2.85. The first kappa shape index (κ1) is 31.5. The summed E-state index contributed by atoms with van der Waals surface area (Å²) >= 11 is 0. The number of nitrogens with zero attached hydrogens (tertiary/aromatic N) is 2. The van der Waals surface area contributed by atoms with Crippen molar-refractivity contribution in [1.29, 1.82) is 0 Å². The van der Waals surface area contributed by atoms with Crippen LogP contribution in [0.3, 0.4) is 0 Å². The van der Waals surface area contributed by atoms with E-state index in [4.69, 9.17) is 28.4 Å². The maximum Gasteiger partial charge on any atom is 0.320 e. The third-order valence-electron chi connectivity index (χ3n) is 7.82. The molecular weight excluding hydrogens is 591 g/mol. The molecule has 0 aliphatic carbocycles. The summed E-state index contributed by atoms with van der Waals surface area (Å²) < 4.78 is 52.0. The van der Waals surface area contributed by atoms with Crippen LogP contribution in [-0.4, -0.2) is 54.2 Å². The van der Waals surface area contributed by atoms with Gasteiger partial charge in [0.25, 0.3) is 0 Å². The number of benzene rings is 4. The highest BCUT2D eigenvalue weighted by molar-refractivity contribution is 5.84. The Morgan fingerprint density at radius 3 is 1.93 bits per heavy atom. The number of rotatable bonds is 13. The van der Waals surface area contributed by atoms with Crippen LogP contribution in [0, 0.1) is 5.82 Å². The molecule has 2 heterocycles. The van der Waals surface area contributed by atoms with E-state index >= 15 is 4.39 Å². The molecule has 0 amide bonds.